The molecule has 0 N–H and O–H groups in total. The summed E-state index contributed by atoms with van der Waals surface area (Å²) >= 11 is 0. The normalized spacial score (nSPS) is 45.5. The van der Waals surface area contributed by atoms with Crippen molar-refractivity contribution in [2.75, 3.05) is 0 Å². The lowest BCUT2D eigenvalue weighted by molar-refractivity contribution is -0.167. The van der Waals surface area contributed by atoms with Crippen LogP contribution in [0.4, 0.5) is 0 Å². The van der Waals surface area contributed by atoms with E-state index in [9.17, 15) is 4.79 Å². The Morgan fingerprint density at radius 3 is 2.32 bits per heavy atom. The van der Waals surface area contributed by atoms with Crippen LogP contribution in [0, 0.1) is 51.8 Å². The van der Waals surface area contributed by atoms with Gasteiger partial charge in [0.2, 0.25) is 0 Å². The molecule has 4 saturated carbocycles. The van der Waals surface area contributed by atoms with Crippen LogP contribution in [-0.4, -0.2) is 5.78 Å². The molecule has 0 aromatic heterocycles. The monoisotopic (exact) mass is 426 g/mol. The lowest BCUT2D eigenvalue weighted by Crippen LogP contribution is -2.59. The van der Waals surface area contributed by atoms with Gasteiger partial charge in [-0.1, -0.05) is 72.0 Å². The molecule has 0 aliphatic heterocycles. The number of hydrogen-bond acceptors (Lipinski definition) is 1. The van der Waals surface area contributed by atoms with Gasteiger partial charge in [-0.25, -0.2) is 0 Å². The smallest absolute Gasteiger partial charge is 0.137 e. The maximum Gasteiger partial charge on any atom is 0.137 e. The van der Waals surface area contributed by atoms with Gasteiger partial charge in [-0.15, -0.1) is 0 Å². The summed E-state index contributed by atoms with van der Waals surface area (Å²) in [5, 5.41) is 0. The van der Waals surface area contributed by atoms with Gasteiger partial charge in [0.05, 0.1) is 0 Å². The Balaban J connectivity index is 1.61. The van der Waals surface area contributed by atoms with Crippen LogP contribution < -0.4 is 0 Å². The van der Waals surface area contributed by atoms with Gasteiger partial charge in [0, 0.05) is 12.3 Å². The van der Waals surface area contributed by atoms with E-state index >= 15 is 0 Å². The van der Waals surface area contributed by atoms with E-state index in [-0.39, 0.29) is 10.8 Å². The second-order valence-corrected chi connectivity index (χ2v) is 13.7. The predicted molar refractivity (Wildman–Crippen MR) is 132 cm³/mol. The molecule has 8 atom stereocenters. The molecule has 1 heteroatoms. The quantitative estimate of drug-likeness (QED) is 0.402. The van der Waals surface area contributed by atoms with E-state index in [1.54, 1.807) is 5.57 Å². The molecule has 4 fully saturated rings. The summed E-state index contributed by atoms with van der Waals surface area (Å²) in [6.07, 6.45) is 12.7. The Labute approximate surface area is 193 Å². The number of Topliss-reactive ketones (excluding diaryl/α,β-unsaturated/α-hetero) is 1. The third-order valence-corrected chi connectivity index (χ3v) is 11.6. The summed E-state index contributed by atoms with van der Waals surface area (Å²) in [6.45, 7) is 19.5. The van der Waals surface area contributed by atoms with Crippen LogP contribution >= 0.6 is 0 Å². The Morgan fingerprint density at radius 2 is 1.68 bits per heavy atom. The van der Waals surface area contributed by atoms with E-state index in [1.165, 1.54) is 63.4 Å². The highest BCUT2D eigenvalue weighted by Gasteiger charge is 2.68. The molecule has 0 saturated heterocycles. The van der Waals surface area contributed by atoms with Crippen LogP contribution in [0.15, 0.2) is 11.1 Å². The first-order valence-electron chi connectivity index (χ1n) is 13.6. The van der Waals surface area contributed by atoms with E-state index in [0.29, 0.717) is 29.0 Å². The highest BCUT2D eigenvalue weighted by molar-refractivity contribution is 5.85. The summed E-state index contributed by atoms with van der Waals surface area (Å²) in [7, 11) is 0. The molecule has 4 aliphatic rings. The molecular formula is C30H50O. The fourth-order valence-electron chi connectivity index (χ4n) is 9.73. The van der Waals surface area contributed by atoms with Crippen molar-refractivity contribution in [3.8, 4) is 0 Å². The Bertz CT molecular complexity index is 742. The zero-order valence-corrected chi connectivity index (χ0v) is 21.9. The lowest BCUT2D eigenvalue weighted by Gasteiger charge is -2.62. The number of rotatable bonds is 5. The van der Waals surface area contributed by atoms with Crippen LogP contribution in [0.25, 0.3) is 0 Å². The number of carbonyl (C=O) groups excluding carboxylic acids is 1. The highest BCUT2D eigenvalue weighted by Crippen LogP contribution is 2.73. The molecule has 1 nitrogen and oxygen atoms in total. The average Bonchev–Trinajstić information content (AvgIpc) is 3.15. The molecule has 0 radical (unpaired) electrons. The van der Waals surface area contributed by atoms with Gasteiger partial charge >= 0.3 is 0 Å². The zero-order valence-electron chi connectivity index (χ0n) is 21.9. The van der Waals surface area contributed by atoms with E-state index in [0.717, 1.165) is 24.2 Å². The number of allylic oxidation sites excluding steroid dienone is 2. The van der Waals surface area contributed by atoms with Gasteiger partial charge in [-0.3, -0.25) is 4.79 Å². The SMILES string of the molecule is CC(C)=C1CCC2(C)C1CCC1C2C(=O)CC2(C)C(C(C)CCCC(C)C)CC[C@@]12C. The second-order valence-electron chi connectivity index (χ2n) is 13.7. The van der Waals surface area contributed by atoms with Crippen molar-refractivity contribution in [3.63, 3.8) is 0 Å². The van der Waals surface area contributed by atoms with Gasteiger partial charge in [0.15, 0.2) is 0 Å². The molecule has 0 bridgehead atoms. The first kappa shape index (κ1) is 23.6. The van der Waals surface area contributed by atoms with Crippen LogP contribution in [-0.2, 0) is 4.79 Å². The van der Waals surface area contributed by atoms with Crippen molar-refractivity contribution < 1.29 is 4.79 Å². The van der Waals surface area contributed by atoms with Gasteiger partial charge in [0.25, 0.3) is 0 Å². The maximum atomic E-state index is 14.0. The van der Waals surface area contributed by atoms with Gasteiger partial charge in [0.1, 0.15) is 5.78 Å². The molecule has 0 aromatic rings. The van der Waals surface area contributed by atoms with Crippen molar-refractivity contribution in [1.29, 1.82) is 0 Å². The first-order chi connectivity index (χ1) is 14.5. The number of ketones is 1. The Kier molecular flexibility index (Phi) is 6.09. The molecule has 0 spiro atoms. The average molecular weight is 427 g/mol. The van der Waals surface area contributed by atoms with Crippen molar-refractivity contribution in [2.45, 2.75) is 120 Å². The molecule has 0 aromatic carbocycles. The molecule has 4 rings (SSSR count). The molecule has 0 amide bonds. The molecule has 7 unspecified atom stereocenters. The van der Waals surface area contributed by atoms with Crippen molar-refractivity contribution in [1.82, 2.24) is 0 Å². The molecule has 176 valence electrons. The molecular weight excluding hydrogens is 376 g/mol. The van der Waals surface area contributed by atoms with Crippen LogP contribution in [0.5, 0.6) is 0 Å². The Hall–Kier alpha value is -0.590. The van der Waals surface area contributed by atoms with E-state index < -0.39 is 0 Å². The minimum absolute atomic E-state index is 0.212. The Morgan fingerprint density at radius 1 is 0.968 bits per heavy atom. The van der Waals surface area contributed by atoms with Crippen molar-refractivity contribution in [3.05, 3.63) is 11.1 Å². The van der Waals surface area contributed by atoms with E-state index in [1.807, 2.05) is 0 Å². The largest absolute Gasteiger partial charge is 0.299 e. The number of carbonyl (C=O) groups is 1. The zero-order chi connectivity index (χ0) is 22.8. The summed E-state index contributed by atoms with van der Waals surface area (Å²) in [4.78, 5) is 14.0. The van der Waals surface area contributed by atoms with Crippen LogP contribution in [0.3, 0.4) is 0 Å². The minimum atomic E-state index is 0.212. The molecule has 4 aliphatic carbocycles. The van der Waals surface area contributed by atoms with Crippen LogP contribution in [0.1, 0.15) is 120 Å². The third-order valence-electron chi connectivity index (χ3n) is 11.6. The highest BCUT2D eigenvalue weighted by atomic mass is 16.1. The fraction of sp³-hybridized carbons (Fsp3) is 0.900. The van der Waals surface area contributed by atoms with Gasteiger partial charge < -0.3 is 0 Å². The number of fused-ring (bicyclic) bond motifs is 5. The third kappa shape index (κ3) is 3.42. The van der Waals surface area contributed by atoms with E-state index in [4.69, 9.17) is 0 Å². The molecule has 31 heavy (non-hydrogen) atoms. The fourth-order valence-corrected chi connectivity index (χ4v) is 9.73. The first-order valence-corrected chi connectivity index (χ1v) is 13.6. The summed E-state index contributed by atoms with van der Waals surface area (Å²) < 4.78 is 0. The topological polar surface area (TPSA) is 17.1 Å². The van der Waals surface area contributed by atoms with Gasteiger partial charge in [-0.2, -0.15) is 0 Å². The van der Waals surface area contributed by atoms with E-state index in [2.05, 4.69) is 55.4 Å². The van der Waals surface area contributed by atoms with Crippen LogP contribution in [0.2, 0.25) is 0 Å². The molecule has 0 heterocycles. The van der Waals surface area contributed by atoms with Crippen molar-refractivity contribution >= 4 is 5.78 Å². The lowest BCUT2D eigenvalue weighted by atomic mass is 9.41. The summed E-state index contributed by atoms with van der Waals surface area (Å²) in [5.74, 6) is 4.54. The maximum absolute atomic E-state index is 14.0. The second kappa shape index (κ2) is 8.02. The van der Waals surface area contributed by atoms with Gasteiger partial charge in [-0.05, 0) is 98.2 Å². The predicted octanol–water partition coefficient (Wildman–Crippen LogP) is 8.62. The number of hydrogen-bond donors (Lipinski definition) is 0. The summed E-state index contributed by atoms with van der Waals surface area (Å²) in [5.41, 5.74) is 4.02. The minimum Gasteiger partial charge on any atom is -0.299 e. The summed E-state index contributed by atoms with van der Waals surface area (Å²) in [6, 6.07) is 0. The van der Waals surface area contributed by atoms with Crippen molar-refractivity contribution in [2.24, 2.45) is 51.8 Å². The standard InChI is InChI=1S/C30H50O/c1-19(2)10-9-11-21(5)23-15-17-29(7)25-13-12-24-22(20(3)4)14-16-28(24,6)27(25)26(31)18-30(23,29)8/h19,21,23-25,27H,9-18H2,1-8H3/t21?,23?,24?,25?,27?,28?,29-,30?/m0/s1.